The third kappa shape index (κ3) is 2.43. The second-order valence-electron chi connectivity index (χ2n) is 3.93. The van der Waals surface area contributed by atoms with Gasteiger partial charge >= 0.3 is 0 Å². The zero-order valence-corrected chi connectivity index (χ0v) is 11.2. The van der Waals surface area contributed by atoms with Crippen molar-refractivity contribution in [3.8, 4) is 0 Å². The SMILES string of the molecule is CCC1CCCN1c1cc(Cl)nc(SC)n1. The van der Waals surface area contributed by atoms with Crippen molar-refractivity contribution in [3.05, 3.63) is 11.2 Å². The smallest absolute Gasteiger partial charge is 0.190 e. The second kappa shape index (κ2) is 5.23. The molecule has 1 atom stereocenters. The van der Waals surface area contributed by atoms with Crippen molar-refractivity contribution in [2.24, 2.45) is 0 Å². The Labute approximate surface area is 106 Å². The van der Waals surface area contributed by atoms with Crippen LogP contribution in [-0.2, 0) is 0 Å². The summed E-state index contributed by atoms with van der Waals surface area (Å²) < 4.78 is 0. The minimum atomic E-state index is 0.538. The summed E-state index contributed by atoms with van der Waals surface area (Å²) in [5, 5.41) is 1.29. The number of hydrogen-bond acceptors (Lipinski definition) is 4. The molecule has 16 heavy (non-hydrogen) atoms. The predicted octanol–water partition coefficient (Wildman–Crippen LogP) is 3.23. The molecule has 0 spiro atoms. The standard InChI is InChI=1S/C11H16ClN3S/c1-3-8-5-4-6-15(8)10-7-9(12)13-11(14-10)16-2/h7-8H,3-6H2,1-2H3. The van der Waals surface area contributed by atoms with Gasteiger partial charge in [-0.2, -0.15) is 0 Å². The Bertz CT molecular complexity index is 372. The Morgan fingerprint density at radius 1 is 1.56 bits per heavy atom. The molecule has 1 saturated heterocycles. The summed E-state index contributed by atoms with van der Waals surface area (Å²) in [7, 11) is 0. The van der Waals surface area contributed by atoms with Crippen molar-refractivity contribution in [3.63, 3.8) is 0 Å². The molecule has 1 unspecified atom stereocenters. The lowest BCUT2D eigenvalue weighted by Crippen LogP contribution is -2.29. The first-order chi connectivity index (χ1) is 7.74. The minimum Gasteiger partial charge on any atom is -0.353 e. The Hall–Kier alpha value is -0.480. The maximum atomic E-state index is 6.01. The van der Waals surface area contributed by atoms with Gasteiger partial charge in [0.25, 0.3) is 0 Å². The highest BCUT2D eigenvalue weighted by atomic mass is 35.5. The van der Waals surface area contributed by atoms with Gasteiger partial charge in [0.2, 0.25) is 0 Å². The molecule has 1 aromatic rings. The van der Waals surface area contributed by atoms with Crippen LogP contribution in [0.3, 0.4) is 0 Å². The van der Waals surface area contributed by atoms with E-state index in [9.17, 15) is 0 Å². The molecule has 0 aliphatic carbocycles. The molecule has 2 rings (SSSR count). The fourth-order valence-electron chi connectivity index (χ4n) is 2.19. The van der Waals surface area contributed by atoms with Gasteiger partial charge in [0.05, 0.1) is 0 Å². The Morgan fingerprint density at radius 3 is 3.06 bits per heavy atom. The number of thioether (sulfide) groups is 1. The summed E-state index contributed by atoms with van der Waals surface area (Å²) in [5.74, 6) is 0.980. The highest BCUT2D eigenvalue weighted by Crippen LogP contribution is 2.28. The van der Waals surface area contributed by atoms with Crippen molar-refractivity contribution in [2.75, 3.05) is 17.7 Å². The fourth-order valence-corrected chi connectivity index (χ4v) is 2.79. The van der Waals surface area contributed by atoms with Crippen molar-refractivity contribution >= 4 is 29.2 Å². The zero-order valence-electron chi connectivity index (χ0n) is 9.61. The molecule has 0 bridgehead atoms. The normalized spacial score (nSPS) is 20.4. The quantitative estimate of drug-likeness (QED) is 0.472. The van der Waals surface area contributed by atoms with Crippen molar-refractivity contribution in [1.29, 1.82) is 0 Å². The lowest BCUT2D eigenvalue weighted by atomic mass is 10.2. The van der Waals surface area contributed by atoms with Crippen LogP contribution in [0.15, 0.2) is 11.2 Å². The zero-order chi connectivity index (χ0) is 11.5. The van der Waals surface area contributed by atoms with Gasteiger partial charge < -0.3 is 4.90 Å². The monoisotopic (exact) mass is 257 g/mol. The first kappa shape index (κ1) is 12.0. The molecule has 0 radical (unpaired) electrons. The molecule has 0 saturated carbocycles. The number of aromatic nitrogens is 2. The van der Waals surface area contributed by atoms with E-state index in [1.807, 2.05) is 12.3 Å². The van der Waals surface area contributed by atoms with E-state index in [1.165, 1.54) is 24.6 Å². The molecule has 2 heterocycles. The lowest BCUT2D eigenvalue weighted by molar-refractivity contribution is 0.637. The Kier molecular flexibility index (Phi) is 3.92. The molecule has 1 aromatic heterocycles. The first-order valence-corrected chi connectivity index (χ1v) is 7.20. The topological polar surface area (TPSA) is 29.0 Å². The largest absolute Gasteiger partial charge is 0.353 e. The average molecular weight is 258 g/mol. The molecule has 88 valence electrons. The third-order valence-electron chi connectivity index (χ3n) is 2.99. The number of rotatable bonds is 3. The summed E-state index contributed by atoms with van der Waals surface area (Å²) in [4.78, 5) is 11.0. The summed E-state index contributed by atoms with van der Waals surface area (Å²) in [5.41, 5.74) is 0. The third-order valence-corrected chi connectivity index (χ3v) is 3.73. The lowest BCUT2D eigenvalue weighted by Gasteiger charge is -2.24. The molecular formula is C11H16ClN3S. The Morgan fingerprint density at radius 2 is 2.38 bits per heavy atom. The van der Waals surface area contributed by atoms with Gasteiger partial charge in [-0.25, -0.2) is 9.97 Å². The van der Waals surface area contributed by atoms with E-state index in [1.54, 1.807) is 0 Å². The van der Waals surface area contributed by atoms with Crippen LogP contribution < -0.4 is 4.90 Å². The molecule has 1 aliphatic rings. The van der Waals surface area contributed by atoms with Crippen molar-refractivity contribution in [1.82, 2.24) is 9.97 Å². The van der Waals surface area contributed by atoms with E-state index >= 15 is 0 Å². The fraction of sp³-hybridized carbons (Fsp3) is 0.636. The first-order valence-electron chi connectivity index (χ1n) is 5.59. The van der Waals surface area contributed by atoms with Gasteiger partial charge in [0.15, 0.2) is 5.16 Å². The van der Waals surface area contributed by atoms with E-state index in [4.69, 9.17) is 11.6 Å². The van der Waals surface area contributed by atoms with Gasteiger partial charge in [-0.1, -0.05) is 30.3 Å². The van der Waals surface area contributed by atoms with Gasteiger partial charge in [-0.3, -0.25) is 0 Å². The molecule has 0 aromatic carbocycles. The van der Waals surface area contributed by atoms with E-state index in [-0.39, 0.29) is 0 Å². The average Bonchev–Trinajstić information content (AvgIpc) is 2.76. The molecule has 0 N–H and O–H groups in total. The molecule has 1 aliphatic heterocycles. The number of hydrogen-bond donors (Lipinski definition) is 0. The molecule has 3 nitrogen and oxygen atoms in total. The van der Waals surface area contributed by atoms with Crippen LogP contribution in [0.5, 0.6) is 0 Å². The van der Waals surface area contributed by atoms with Crippen LogP contribution in [0.4, 0.5) is 5.82 Å². The maximum Gasteiger partial charge on any atom is 0.190 e. The van der Waals surface area contributed by atoms with Gasteiger partial charge in [-0.15, -0.1) is 0 Å². The summed E-state index contributed by atoms with van der Waals surface area (Å²) in [6.07, 6.45) is 5.63. The van der Waals surface area contributed by atoms with Crippen LogP contribution in [0, 0.1) is 0 Å². The van der Waals surface area contributed by atoms with E-state index in [0.29, 0.717) is 11.2 Å². The van der Waals surface area contributed by atoms with Crippen LogP contribution in [0.25, 0.3) is 0 Å². The molecular weight excluding hydrogens is 242 g/mol. The van der Waals surface area contributed by atoms with Crippen LogP contribution >= 0.6 is 23.4 Å². The van der Waals surface area contributed by atoms with Gasteiger partial charge in [-0.05, 0) is 25.5 Å². The maximum absolute atomic E-state index is 6.01. The Balaban J connectivity index is 2.28. The summed E-state index contributed by atoms with van der Waals surface area (Å²) in [6, 6.07) is 2.48. The van der Waals surface area contributed by atoms with E-state index in [2.05, 4.69) is 21.8 Å². The molecule has 1 fully saturated rings. The highest BCUT2D eigenvalue weighted by Gasteiger charge is 2.24. The van der Waals surface area contributed by atoms with Crippen LogP contribution in [0.2, 0.25) is 5.15 Å². The highest BCUT2D eigenvalue weighted by molar-refractivity contribution is 7.98. The number of anilines is 1. The van der Waals surface area contributed by atoms with Gasteiger partial charge in [0, 0.05) is 18.7 Å². The van der Waals surface area contributed by atoms with Crippen molar-refractivity contribution in [2.45, 2.75) is 37.4 Å². The molecule has 0 amide bonds. The van der Waals surface area contributed by atoms with E-state index in [0.717, 1.165) is 23.9 Å². The van der Waals surface area contributed by atoms with Crippen LogP contribution in [-0.4, -0.2) is 28.8 Å². The molecule has 5 heteroatoms. The van der Waals surface area contributed by atoms with Crippen molar-refractivity contribution < 1.29 is 0 Å². The number of nitrogens with zero attached hydrogens (tertiary/aromatic N) is 3. The predicted molar refractivity (Wildman–Crippen MR) is 69.5 cm³/mol. The second-order valence-corrected chi connectivity index (χ2v) is 5.09. The van der Waals surface area contributed by atoms with Crippen LogP contribution in [0.1, 0.15) is 26.2 Å². The summed E-state index contributed by atoms with van der Waals surface area (Å²) >= 11 is 7.54. The minimum absolute atomic E-state index is 0.538. The summed E-state index contributed by atoms with van der Waals surface area (Å²) in [6.45, 7) is 3.31. The van der Waals surface area contributed by atoms with Gasteiger partial charge in [0.1, 0.15) is 11.0 Å². The number of halogens is 1. The van der Waals surface area contributed by atoms with E-state index < -0.39 is 0 Å².